The summed E-state index contributed by atoms with van der Waals surface area (Å²) < 4.78 is 10.2. The molecule has 3 N–H and O–H groups in total. The summed E-state index contributed by atoms with van der Waals surface area (Å²) in [5, 5.41) is 2.77. The second-order valence-electron chi connectivity index (χ2n) is 5.26. The Bertz CT molecular complexity index is 413. The van der Waals surface area contributed by atoms with Crippen LogP contribution in [0.15, 0.2) is 18.3 Å². The van der Waals surface area contributed by atoms with Gasteiger partial charge in [0.15, 0.2) is 0 Å². The topological polar surface area (TPSA) is 86.5 Å². The molecule has 0 aliphatic rings. The number of nitrogens with one attached hydrogen (secondary N) is 1. The van der Waals surface area contributed by atoms with Gasteiger partial charge in [0, 0.05) is 25.1 Å². The smallest absolute Gasteiger partial charge is 0.224 e. The molecule has 1 amide bonds. The maximum Gasteiger partial charge on any atom is 0.224 e. The summed E-state index contributed by atoms with van der Waals surface area (Å²) in [5.41, 5.74) is 6.14. The maximum atomic E-state index is 11.7. The predicted molar refractivity (Wildman–Crippen MR) is 77.7 cm³/mol. The summed E-state index contributed by atoms with van der Waals surface area (Å²) in [5.74, 6) is 0.432. The number of nitrogens with zero attached hydrogens (tertiary/aromatic N) is 1. The molecule has 6 nitrogen and oxygen atoms in total. The van der Waals surface area contributed by atoms with E-state index in [4.69, 9.17) is 15.2 Å². The zero-order chi connectivity index (χ0) is 15.0. The van der Waals surface area contributed by atoms with Crippen molar-refractivity contribution >= 4 is 11.6 Å². The third kappa shape index (κ3) is 7.06. The summed E-state index contributed by atoms with van der Waals surface area (Å²) in [6, 6.07) is 3.46. The van der Waals surface area contributed by atoms with Crippen LogP contribution >= 0.6 is 0 Å². The van der Waals surface area contributed by atoms with Gasteiger partial charge in [-0.15, -0.1) is 0 Å². The van der Waals surface area contributed by atoms with Gasteiger partial charge in [-0.25, -0.2) is 4.98 Å². The molecule has 0 bridgehead atoms. The van der Waals surface area contributed by atoms with Crippen molar-refractivity contribution in [3.63, 3.8) is 0 Å². The first-order valence-electron chi connectivity index (χ1n) is 6.57. The lowest BCUT2D eigenvalue weighted by Gasteiger charge is -2.17. The standard InChI is InChI=1S/C14H23N3O3/c1-14(2,15)7-6-12(18)17-11-4-5-13(16-10-11)20-9-8-19-3/h4-5,10H,6-9,15H2,1-3H3,(H,17,18). The second kappa shape index (κ2) is 7.81. The largest absolute Gasteiger partial charge is 0.475 e. The van der Waals surface area contributed by atoms with Crippen molar-refractivity contribution in [1.29, 1.82) is 0 Å². The normalized spacial score (nSPS) is 11.2. The fraction of sp³-hybridized carbons (Fsp3) is 0.571. The van der Waals surface area contributed by atoms with Crippen molar-refractivity contribution in [2.24, 2.45) is 5.73 Å². The summed E-state index contributed by atoms with van der Waals surface area (Å²) in [7, 11) is 1.61. The second-order valence-corrected chi connectivity index (χ2v) is 5.26. The van der Waals surface area contributed by atoms with Crippen LogP contribution in [0, 0.1) is 0 Å². The molecule has 0 radical (unpaired) electrons. The van der Waals surface area contributed by atoms with Crippen molar-refractivity contribution in [3.8, 4) is 5.88 Å². The average Bonchev–Trinajstić information content (AvgIpc) is 2.38. The Balaban J connectivity index is 2.39. The molecule has 0 unspecified atom stereocenters. The molecule has 1 heterocycles. The highest BCUT2D eigenvalue weighted by Gasteiger charge is 2.13. The monoisotopic (exact) mass is 281 g/mol. The Kier molecular flexibility index (Phi) is 6.41. The van der Waals surface area contributed by atoms with Gasteiger partial charge in [0.25, 0.3) is 0 Å². The summed E-state index contributed by atoms with van der Waals surface area (Å²) >= 11 is 0. The number of rotatable bonds is 8. The number of hydrogen-bond acceptors (Lipinski definition) is 5. The van der Waals surface area contributed by atoms with E-state index in [0.717, 1.165) is 0 Å². The molecule has 20 heavy (non-hydrogen) atoms. The van der Waals surface area contributed by atoms with Crippen LogP contribution < -0.4 is 15.8 Å². The van der Waals surface area contributed by atoms with Gasteiger partial charge in [0.05, 0.1) is 18.5 Å². The van der Waals surface area contributed by atoms with Crippen molar-refractivity contribution < 1.29 is 14.3 Å². The Morgan fingerprint density at radius 3 is 2.70 bits per heavy atom. The molecule has 0 saturated carbocycles. The first-order chi connectivity index (χ1) is 9.40. The molecule has 1 aromatic rings. The molecule has 0 atom stereocenters. The minimum atomic E-state index is -0.339. The number of methoxy groups -OCH3 is 1. The van der Waals surface area contributed by atoms with Crippen LogP contribution in [0.5, 0.6) is 5.88 Å². The maximum absolute atomic E-state index is 11.7. The molecule has 112 valence electrons. The van der Waals surface area contributed by atoms with E-state index in [0.29, 0.717) is 37.6 Å². The van der Waals surface area contributed by atoms with E-state index >= 15 is 0 Å². The van der Waals surface area contributed by atoms with Crippen LogP contribution in [0.25, 0.3) is 0 Å². The fourth-order valence-corrected chi connectivity index (χ4v) is 1.43. The van der Waals surface area contributed by atoms with Crippen LogP contribution in [0.2, 0.25) is 0 Å². The minimum Gasteiger partial charge on any atom is -0.475 e. The highest BCUT2D eigenvalue weighted by Crippen LogP contribution is 2.13. The molecular weight excluding hydrogens is 258 g/mol. The van der Waals surface area contributed by atoms with Crippen molar-refractivity contribution in [2.45, 2.75) is 32.2 Å². The highest BCUT2D eigenvalue weighted by atomic mass is 16.5. The number of amides is 1. The van der Waals surface area contributed by atoms with Gasteiger partial charge in [-0.05, 0) is 26.3 Å². The number of hydrogen-bond donors (Lipinski definition) is 2. The number of aromatic nitrogens is 1. The number of carbonyl (C=O) groups excluding carboxylic acids is 1. The number of nitrogens with two attached hydrogens (primary N) is 1. The van der Waals surface area contributed by atoms with E-state index < -0.39 is 0 Å². The molecule has 0 fully saturated rings. The van der Waals surface area contributed by atoms with E-state index in [2.05, 4.69) is 10.3 Å². The Labute approximate surface area is 119 Å². The van der Waals surface area contributed by atoms with Gasteiger partial charge in [0.1, 0.15) is 6.61 Å². The van der Waals surface area contributed by atoms with Crippen LogP contribution in [0.3, 0.4) is 0 Å². The number of anilines is 1. The molecule has 0 aliphatic carbocycles. The van der Waals surface area contributed by atoms with Crippen LogP contribution in [0.4, 0.5) is 5.69 Å². The van der Waals surface area contributed by atoms with Crippen LogP contribution in [-0.4, -0.2) is 36.8 Å². The molecule has 0 saturated heterocycles. The average molecular weight is 281 g/mol. The van der Waals surface area contributed by atoms with Crippen molar-refractivity contribution in [3.05, 3.63) is 18.3 Å². The molecule has 6 heteroatoms. The minimum absolute atomic E-state index is 0.0709. The van der Waals surface area contributed by atoms with Gasteiger partial charge in [-0.2, -0.15) is 0 Å². The van der Waals surface area contributed by atoms with E-state index in [1.54, 1.807) is 25.4 Å². The molecule has 0 spiro atoms. The van der Waals surface area contributed by atoms with E-state index in [1.807, 2.05) is 13.8 Å². The quantitative estimate of drug-likeness (QED) is 0.706. The molecule has 0 aliphatic heterocycles. The van der Waals surface area contributed by atoms with Gasteiger partial charge < -0.3 is 20.5 Å². The van der Waals surface area contributed by atoms with Crippen molar-refractivity contribution in [2.75, 3.05) is 25.6 Å². The van der Waals surface area contributed by atoms with E-state index in [1.165, 1.54) is 0 Å². The van der Waals surface area contributed by atoms with Gasteiger partial charge in [-0.1, -0.05) is 0 Å². The molecule has 1 rings (SSSR count). The van der Waals surface area contributed by atoms with Crippen molar-refractivity contribution in [1.82, 2.24) is 4.98 Å². The van der Waals surface area contributed by atoms with Gasteiger partial charge in [-0.3, -0.25) is 4.79 Å². The first-order valence-corrected chi connectivity index (χ1v) is 6.57. The third-order valence-electron chi connectivity index (χ3n) is 2.55. The highest BCUT2D eigenvalue weighted by molar-refractivity contribution is 5.90. The molecular formula is C14H23N3O3. The lowest BCUT2D eigenvalue weighted by atomic mass is 10.00. The molecule has 0 aromatic carbocycles. The SMILES string of the molecule is COCCOc1ccc(NC(=O)CCC(C)(C)N)cn1. The van der Waals surface area contributed by atoms with E-state index in [9.17, 15) is 4.79 Å². The first kappa shape index (κ1) is 16.4. The Morgan fingerprint density at radius 2 is 2.15 bits per heavy atom. The molecule has 1 aromatic heterocycles. The zero-order valence-corrected chi connectivity index (χ0v) is 12.3. The Morgan fingerprint density at radius 1 is 1.40 bits per heavy atom. The summed E-state index contributed by atoms with van der Waals surface area (Å²) in [4.78, 5) is 15.8. The fourth-order valence-electron chi connectivity index (χ4n) is 1.43. The third-order valence-corrected chi connectivity index (χ3v) is 2.55. The van der Waals surface area contributed by atoms with Crippen LogP contribution in [-0.2, 0) is 9.53 Å². The summed E-state index contributed by atoms with van der Waals surface area (Å²) in [6.07, 6.45) is 2.58. The summed E-state index contributed by atoms with van der Waals surface area (Å²) in [6.45, 7) is 4.75. The van der Waals surface area contributed by atoms with Gasteiger partial charge in [0.2, 0.25) is 11.8 Å². The lowest BCUT2D eigenvalue weighted by molar-refractivity contribution is -0.116. The predicted octanol–water partition coefficient (Wildman–Crippen LogP) is 1.56. The number of ether oxygens (including phenoxy) is 2. The number of carbonyl (C=O) groups is 1. The van der Waals surface area contributed by atoms with Gasteiger partial charge >= 0.3 is 0 Å². The number of pyridine rings is 1. The zero-order valence-electron chi connectivity index (χ0n) is 12.3. The lowest BCUT2D eigenvalue weighted by Crippen LogP contribution is -2.33. The Hall–Kier alpha value is -1.66. The van der Waals surface area contributed by atoms with E-state index in [-0.39, 0.29) is 11.4 Å². The van der Waals surface area contributed by atoms with Crippen LogP contribution in [0.1, 0.15) is 26.7 Å².